The highest BCUT2D eigenvalue weighted by atomic mass is 31.2. The molecule has 0 unspecified atom stereocenters. The molecule has 0 aliphatic heterocycles. The summed E-state index contributed by atoms with van der Waals surface area (Å²) in [5, 5.41) is -0.162. The quantitative estimate of drug-likeness (QED) is 0.438. The van der Waals surface area contributed by atoms with E-state index in [1.165, 1.54) is 6.92 Å². The summed E-state index contributed by atoms with van der Waals surface area (Å²) in [5.41, 5.74) is 0. The lowest BCUT2D eigenvalue weighted by Crippen LogP contribution is -2.44. The molecule has 0 spiro atoms. The lowest BCUT2D eigenvalue weighted by Gasteiger charge is -2.34. The summed E-state index contributed by atoms with van der Waals surface area (Å²) in [7, 11) is -9.86. The van der Waals surface area contributed by atoms with Gasteiger partial charge in [0.25, 0.3) is 0 Å². The molecule has 0 heterocycles. The zero-order valence-electron chi connectivity index (χ0n) is 8.62. The first-order valence-corrected chi connectivity index (χ1v) is 7.71. The molecule has 0 aromatic carbocycles. The molecule has 0 saturated heterocycles. The Bertz CT molecular complexity index is 272. The van der Waals surface area contributed by atoms with Crippen LogP contribution in [0.4, 0.5) is 0 Å². The predicted molar refractivity (Wildman–Crippen MR) is 55.4 cm³/mol. The van der Waals surface area contributed by atoms with Crippen molar-refractivity contribution < 1.29 is 28.7 Å². The zero-order valence-corrected chi connectivity index (χ0v) is 10.4. The number of hydrogen-bond acceptors (Lipinski definition) is 3. The number of nitrogens with one attached hydrogen (secondary N) is 1. The van der Waals surface area contributed by atoms with Gasteiger partial charge in [0.1, 0.15) is 0 Å². The first-order chi connectivity index (χ1) is 6.62. The lowest BCUT2D eigenvalue weighted by atomic mass is 10.4. The molecule has 0 fully saturated rings. The van der Waals surface area contributed by atoms with E-state index in [0.717, 1.165) is 0 Å². The average Bonchev–Trinajstić information content (AvgIpc) is 2.01. The SMILES string of the molecule is CCCNC(CC)(P(=O)(O)O)P(=O)(O)O. The molecule has 0 amide bonds. The molecular weight excluding hydrogens is 244 g/mol. The Hall–Kier alpha value is 0.260. The molecule has 0 rings (SSSR count). The Kier molecular flexibility index (Phi) is 5.15. The summed E-state index contributed by atoms with van der Waals surface area (Å²) >= 11 is 0. The van der Waals surface area contributed by atoms with Crippen molar-refractivity contribution >= 4 is 15.2 Å². The molecular formula is C6H17NO6P2. The van der Waals surface area contributed by atoms with Crippen molar-refractivity contribution in [3.63, 3.8) is 0 Å². The third-order valence-corrected chi connectivity index (χ3v) is 6.55. The van der Waals surface area contributed by atoms with Gasteiger partial charge in [-0.15, -0.1) is 0 Å². The fraction of sp³-hybridized carbons (Fsp3) is 1.00. The van der Waals surface area contributed by atoms with Crippen LogP contribution in [-0.4, -0.2) is 31.1 Å². The van der Waals surface area contributed by atoms with Crippen molar-refractivity contribution in [1.82, 2.24) is 5.32 Å². The van der Waals surface area contributed by atoms with Crippen molar-refractivity contribution in [2.45, 2.75) is 31.7 Å². The van der Waals surface area contributed by atoms with Crippen LogP contribution in [0.1, 0.15) is 26.7 Å². The monoisotopic (exact) mass is 261 g/mol. The van der Waals surface area contributed by atoms with Crippen molar-refractivity contribution in [2.24, 2.45) is 0 Å². The van der Waals surface area contributed by atoms with Crippen molar-refractivity contribution in [3.05, 3.63) is 0 Å². The summed E-state index contributed by atoms with van der Waals surface area (Å²) in [5.74, 6) is 0. The van der Waals surface area contributed by atoms with Crippen LogP contribution in [0.5, 0.6) is 0 Å². The second-order valence-electron chi connectivity index (χ2n) is 3.18. The maximum absolute atomic E-state index is 11.2. The summed E-state index contributed by atoms with van der Waals surface area (Å²) in [6.07, 6.45) is 0.170. The Morgan fingerprint density at radius 1 is 1.07 bits per heavy atom. The zero-order chi connectivity index (χ0) is 12.3. The molecule has 9 heteroatoms. The van der Waals surface area contributed by atoms with Gasteiger partial charge in [0, 0.05) is 0 Å². The Morgan fingerprint density at radius 3 is 1.67 bits per heavy atom. The first kappa shape index (κ1) is 15.3. The molecule has 0 aromatic rings. The van der Waals surface area contributed by atoms with Gasteiger partial charge in [-0.25, -0.2) is 0 Å². The van der Waals surface area contributed by atoms with Gasteiger partial charge in [-0.2, -0.15) is 0 Å². The molecule has 15 heavy (non-hydrogen) atoms. The average molecular weight is 261 g/mol. The molecule has 0 saturated carbocycles. The third-order valence-electron chi connectivity index (χ3n) is 2.11. The Labute approximate surface area is 88.2 Å². The van der Waals surface area contributed by atoms with Crippen LogP contribution in [0.2, 0.25) is 0 Å². The Morgan fingerprint density at radius 2 is 1.47 bits per heavy atom. The summed E-state index contributed by atoms with van der Waals surface area (Å²) in [6, 6.07) is 0. The number of hydrogen-bond donors (Lipinski definition) is 5. The fourth-order valence-electron chi connectivity index (χ4n) is 1.24. The highest BCUT2D eigenvalue weighted by Gasteiger charge is 2.58. The first-order valence-electron chi connectivity index (χ1n) is 4.48. The van der Waals surface area contributed by atoms with E-state index in [2.05, 4.69) is 5.32 Å². The van der Waals surface area contributed by atoms with Crippen LogP contribution in [0.25, 0.3) is 0 Å². The minimum atomic E-state index is -4.93. The molecule has 0 bridgehead atoms. The van der Waals surface area contributed by atoms with Crippen LogP contribution >= 0.6 is 15.2 Å². The second kappa shape index (κ2) is 5.06. The van der Waals surface area contributed by atoms with E-state index < -0.39 is 20.2 Å². The largest absolute Gasteiger partial charge is 0.357 e. The smallest absolute Gasteiger partial charge is 0.323 e. The summed E-state index contributed by atoms with van der Waals surface area (Å²) in [4.78, 5) is 36.2. The second-order valence-corrected chi connectivity index (χ2v) is 7.24. The highest BCUT2D eigenvalue weighted by molar-refractivity contribution is 7.72. The Balaban J connectivity index is 5.33. The van der Waals surface area contributed by atoms with Crippen molar-refractivity contribution in [2.75, 3.05) is 6.54 Å². The van der Waals surface area contributed by atoms with E-state index in [4.69, 9.17) is 19.6 Å². The molecule has 0 atom stereocenters. The topological polar surface area (TPSA) is 127 Å². The predicted octanol–water partition coefficient (Wildman–Crippen LogP) is 0.405. The normalized spacial score (nSPS) is 14.3. The van der Waals surface area contributed by atoms with Crippen LogP contribution in [-0.2, 0) is 9.13 Å². The molecule has 7 nitrogen and oxygen atoms in total. The van der Waals surface area contributed by atoms with Gasteiger partial charge in [0.15, 0.2) is 0 Å². The van der Waals surface area contributed by atoms with Crippen LogP contribution in [0.3, 0.4) is 0 Å². The maximum Gasteiger partial charge on any atom is 0.357 e. The minimum Gasteiger partial charge on any atom is -0.323 e. The van der Waals surface area contributed by atoms with Gasteiger partial charge in [0.2, 0.25) is 5.02 Å². The van der Waals surface area contributed by atoms with Gasteiger partial charge in [0.05, 0.1) is 0 Å². The minimum absolute atomic E-state index is 0.129. The van der Waals surface area contributed by atoms with Gasteiger partial charge >= 0.3 is 15.2 Å². The third kappa shape index (κ3) is 3.11. The van der Waals surface area contributed by atoms with Crippen LogP contribution in [0, 0.1) is 0 Å². The molecule has 0 radical (unpaired) electrons. The van der Waals surface area contributed by atoms with Gasteiger partial charge in [-0.3, -0.25) is 14.4 Å². The van der Waals surface area contributed by atoms with E-state index in [0.29, 0.717) is 6.42 Å². The summed E-state index contributed by atoms with van der Waals surface area (Å²) < 4.78 is 22.4. The van der Waals surface area contributed by atoms with E-state index in [9.17, 15) is 9.13 Å². The van der Waals surface area contributed by atoms with Crippen molar-refractivity contribution in [3.8, 4) is 0 Å². The summed E-state index contributed by atoms with van der Waals surface area (Å²) in [6.45, 7) is 3.18. The van der Waals surface area contributed by atoms with E-state index in [1.807, 2.05) is 0 Å². The highest BCUT2D eigenvalue weighted by Crippen LogP contribution is 2.68. The number of rotatable bonds is 6. The van der Waals surface area contributed by atoms with E-state index in [1.54, 1.807) is 6.92 Å². The van der Waals surface area contributed by atoms with Gasteiger partial charge in [-0.05, 0) is 19.4 Å². The standard InChI is InChI=1S/C6H17NO6P2/c1-3-5-7-6(4-2,14(8,9)10)15(11,12)13/h7H,3-5H2,1-2H3,(H2,8,9,10)(H2,11,12,13). The van der Waals surface area contributed by atoms with E-state index >= 15 is 0 Å². The molecule has 0 aliphatic rings. The molecule has 5 N–H and O–H groups in total. The maximum atomic E-state index is 11.2. The fourth-order valence-corrected chi connectivity index (χ4v) is 4.05. The molecule has 92 valence electrons. The molecule has 0 aliphatic carbocycles. The van der Waals surface area contributed by atoms with Gasteiger partial charge in [-0.1, -0.05) is 13.8 Å². The van der Waals surface area contributed by atoms with Gasteiger partial charge < -0.3 is 19.6 Å². The molecule has 0 aromatic heterocycles. The van der Waals surface area contributed by atoms with Crippen molar-refractivity contribution in [1.29, 1.82) is 0 Å². The van der Waals surface area contributed by atoms with Crippen LogP contribution < -0.4 is 5.32 Å². The van der Waals surface area contributed by atoms with E-state index in [-0.39, 0.29) is 13.0 Å². The lowest BCUT2D eigenvalue weighted by molar-refractivity contribution is 0.284. The van der Waals surface area contributed by atoms with Crippen LogP contribution in [0.15, 0.2) is 0 Å².